The van der Waals surface area contributed by atoms with Crippen LogP contribution in [0.25, 0.3) is 0 Å². The van der Waals surface area contributed by atoms with Crippen molar-refractivity contribution in [2.75, 3.05) is 18.0 Å². The number of carboxylic acid groups (broad SMARTS) is 1. The molecule has 1 saturated heterocycles. The number of hydrogen-bond acceptors (Lipinski definition) is 5. The van der Waals surface area contributed by atoms with Gasteiger partial charge in [0.05, 0.1) is 16.8 Å². The molecule has 1 atom stereocenters. The maximum Gasteiger partial charge on any atom is 0.311 e. The van der Waals surface area contributed by atoms with Gasteiger partial charge in [0.25, 0.3) is 0 Å². The summed E-state index contributed by atoms with van der Waals surface area (Å²) >= 11 is 0. The van der Waals surface area contributed by atoms with Crippen LogP contribution in [-0.4, -0.2) is 39.3 Å². The van der Waals surface area contributed by atoms with Crippen LogP contribution in [0.4, 0.5) is 5.95 Å². The minimum atomic E-state index is -0.726. The highest BCUT2D eigenvalue weighted by Crippen LogP contribution is 2.35. The third-order valence-corrected chi connectivity index (χ3v) is 4.27. The van der Waals surface area contributed by atoms with E-state index >= 15 is 0 Å². The minimum absolute atomic E-state index is 0.467. The Morgan fingerprint density at radius 3 is 2.45 bits per heavy atom. The van der Waals surface area contributed by atoms with E-state index in [1.807, 2.05) is 25.7 Å². The predicted octanol–water partition coefficient (Wildman–Crippen LogP) is 1.69. The summed E-state index contributed by atoms with van der Waals surface area (Å²) < 4.78 is 0. The second kappa shape index (κ2) is 5.73. The van der Waals surface area contributed by atoms with E-state index in [1.165, 1.54) is 0 Å². The van der Waals surface area contributed by atoms with Gasteiger partial charge >= 0.3 is 5.97 Å². The number of aryl methyl sites for hydroxylation is 2. The smallest absolute Gasteiger partial charge is 0.311 e. The van der Waals surface area contributed by atoms with Gasteiger partial charge in [-0.15, -0.1) is 5.10 Å². The molecule has 0 saturated carbocycles. The summed E-state index contributed by atoms with van der Waals surface area (Å²) in [6.45, 7) is 7.15. The molecule has 1 aliphatic heterocycles. The SMILES string of the molecule is CCc1nnc(N2CCC(CC)(C(=O)O)C2)nc1CC. The van der Waals surface area contributed by atoms with Crippen molar-refractivity contribution in [2.45, 2.75) is 46.5 Å². The Balaban J connectivity index is 2.24. The number of hydrogen-bond donors (Lipinski definition) is 1. The molecule has 0 spiro atoms. The van der Waals surface area contributed by atoms with E-state index in [4.69, 9.17) is 0 Å². The molecule has 6 heteroatoms. The average molecular weight is 278 g/mol. The lowest BCUT2D eigenvalue weighted by molar-refractivity contribution is -0.147. The van der Waals surface area contributed by atoms with Crippen molar-refractivity contribution in [1.82, 2.24) is 15.2 Å². The van der Waals surface area contributed by atoms with Crippen LogP contribution in [-0.2, 0) is 17.6 Å². The summed E-state index contributed by atoms with van der Waals surface area (Å²) in [4.78, 5) is 18.0. The van der Waals surface area contributed by atoms with Crippen LogP contribution >= 0.6 is 0 Å². The molecule has 2 rings (SSSR count). The fraction of sp³-hybridized carbons (Fsp3) is 0.714. The summed E-state index contributed by atoms with van der Waals surface area (Å²) in [6, 6.07) is 0. The zero-order chi connectivity index (χ0) is 14.8. The summed E-state index contributed by atoms with van der Waals surface area (Å²) in [6.07, 6.45) is 2.90. The molecule has 20 heavy (non-hydrogen) atoms. The number of carboxylic acids is 1. The first-order valence-electron chi connectivity index (χ1n) is 7.27. The van der Waals surface area contributed by atoms with Gasteiger partial charge in [-0.05, 0) is 25.7 Å². The van der Waals surface area contributed by atoms with Gasteiger partial charge in [0.2, 0.25) is 5.95 Å². The zero-order valence-electron chi connectivity index (χ0n) is 12.4. The Morgan fingerprint density at radius 1 is 1.25 bits per heavy atom. The fourth-order valence-corrected chi connectivity index (χ4v) is 2.72. The molecule has 1 unspecified atom stereocenters. The molecule has 0 amide bonds. The molecule has 2 heterocycles. The predicted molar refractivity (Wildman–Crippen MR) is 75.8 cm³/mol. The second-order valence-electron chi connectivity index (χ2n) is 5.32. The number of aliphatic carboxylic acids is 1. The largest absolute Gasteiger partial charge is 0.481 e. The van der Waals surface area contributed by atoms with E-state index in [0.717, 1.165) is 24.2 Å². The molecule has 0 aromatic carbocycles. The van der Waals surface area contributed by atoms with Crippen LogP contribution in [0.3, 0.4) is 0 Å². The minimum Gasteiger partial charge on any atom is -0.481 e. The average Bonchev–Trinajstić information content (AvgIpc) is 2.92. The van der Waals surface area contributed by atoms with Crippen LogP contribution in [0.15, 0.2) is 0 Å². The van der Waals surface area contributed by atoms with Gasteiger partial charge in [-0.3, -0.25) is 4.79 Å². The number of aromatic nitrogens is 3. The first-order valence-corrected chi connectivity index (χ1v) is 7.27. The van der Waals surface area contributed by atoms with Crippen molar-refractivity contribution >= 4 is 11.9 Å². The molecule has 1 fully saturated rings. The van der Waals surface area contributed by atoms with Gasteiger partial charge in [-0.2, -0.15) is 5.10 Å². The Bertz CT molecular complexity index is 506. The van der Waals surface area contributed by atoms with Gasteiger partial charge in [0, 0.05) is 13.1 Å². The second-order valence-corrected chi connectivity index (χ2v) is 5.32. The molecule has 1 aromatic rings. The number of nitrogens with zero attached hydrogens (tertiary/aromatic N) is 4. The highest BCUT2D eigenvalue weighted by atomic mass is 16.4. The Hall–Kier alpha value is -1.72. The van der Waals surface area contributed by atoms with Crippen molar-refractivity contribution in [3.05, 3.63) is 11.4 Å². The Kier molecular flexibility index (Phi) is 4.20. The lowest BCUT2D eigenvalue weighted by Gasteiger charge is -2.23. The molecule has 1 aromatic heterocycles. The van der Waals surface area contributed by atoms with E-state index in [1.54, 1.807) is 0 Å². The fourth-order valence-electron chi connectivity index (χ4n) is 2.72. The van der Waals surface area contributed by atoms with E-state index in [-0.39, 0.29) is 0 Å². The topological polar surface area (TPSA) is 79.2 Å². The highest BCUT2D eigenvalue weighted by molar-refractivity contribution is 5.76. The van der Waals surface area contributed by atoms with Gasteiger partial charge in [-0.1, -0.05) is 20.8 Å². The maximum atomic E-state index is 11.5. The third kappa shape index (κ3) is 2.46. The van der Waals surface area contributed by atoms with Gasteiger partial charge < -0.3 is 10.0 Å². The molecular formula is C14H22N4O2. The van der Waals surface area contributed by atoms with Gasteiger partial charge in [0.1, 0.15) is 0 Å². The quantitative estimate of drug-likeness (QED) is 0.883. The third-order valence-electron chi connectivity index (χ3n) is 4.27. The maximum absolute atomic E-state index is 11.5. The van der Waals surface area contributed by atoms with Crippen LogP contribution in [0.1, 0.15) is 45.0 Å². The van der Waals surface area contributed by atoms with Crippen molar-refractivity contribution in [1.29, 1.82) is 0 Å². The van der Waals surface area contributed by atoms with Gasteiger partial charge in [-0.25, -0.2) is 4.98 Å². The summed E-state index contributed by atoms with van der Waals surface area (Å²) in [7, 11) is 0. The number of anilines is 1. The van der Waals surface area contributed by atoms with E-state index in [9.17, 15) is 9.90 Å². The zero-order valence-corrected chi connectivity index (χ0v) is 12.4. The molecule has 1 N–H and O–H groups in total. The first kappa shape index (κ1) is 14.7. The molecule has 1 aliphatic rings. The van der Waals surface area contributed by atoms with Gasteiger partial charge in [0.15, 0.2) is 0 Å². The molecule has 0 aliphatic carbocycles. The van der Waals surface area contributed by atoms with Crippen molar-refractivity contribution < 1.29 is 9.90 Å². The van der Waals surface area contributed by atoms with E-state index in [2.05, 4.69) is 15.2 Å². The van der Waals surface area contributed by atoms with E-state index < -0.39 is 11.4 Å². The summed E-state index contributed by atoms with van der Waals surface area (Å²) in [5.74, 6) is -0.160. The monoisotopic (exact) mass is 278 g/mol. The van der Waals surface area contributed by atoms with Crippen molar-refractivity contribution in [3.63, 3.8) is 0 Å². The molecule has 110 valence electrons. The lowest BCUT2D eigenvalue weighted by atomic mass is 9.84. The Morgan fingerprint density at radius 2 is 1.95 bits per heavy atom. The van der Waals surface area contributed by atoms with E-state index in [0.29, 0.717) is 31.9 Å². The van der Waals surface area contributed by atoms with Crippen LogP contribution in [0, 0.1) is 5.41 Å². The van der Waals surface area contributed by atoms with Crippen LogP contribution < -0.4 is 4.90 Å². The standard InChI is InChI=1S/C14H22N4O2/c1-4-10-11(5-2)16-17-13(15-10)18-8-7-14(6-3,9-18)12(19)20/h4-9H2,1-3H3,(H,19,20). The molecular weight excluding hydrogens is 256 g/mol. The molecule has 0 radical (unpaired) electrons. The summed E-state index contributed by atoms with van der Waals surface area (Å²) in [5, 5.41) is 17.8. The van der Waals surface area contributed by atoms with Crippen molar-refractivity contribution in [3.8, 4) is 0 Å². The molecule has 0 bridgehead atoms. The number of carbonyl (C=O) groups is 1. The lowest BCUT2D eigenvalue weighted by Crippen LogP contribution is -2.34. The first-order chi connectivity index (χ1) is 9.56. The summed E-state index contributed by atoms with van der Waals surface area (Å²) in [5.41, 5.74) is 1.22. The number of rotatable bonds is 5. The van der Waals surface area contributed by atoms with Crippen LogP contribution in [0.5, 0.6) is 0 Å². The highest BCUT2D eigenvalue weighted by Gasteiger charge is 2.44. The van der Waals surface area contributed by atoms with Crippen LogP contribution in [0.2, 0.25) is 0 Å². The normalized spacial score (nSPS) is 22.2. The Labute approximate surface area is 119 Å². The molecule has 6 nitrogen and oxygen atoms in total. The van der Waals surface area contributed by atoms with Crippen molar-refractivity contribution in [2.24, 2.45) is 5.41 Å².